The molecule has 0 spiro atoms. The van der Waals surface area contributed by atoms with E-state index in [0.29, 0.717) is 0 Å². The number of halogens is 1. The summed E-state index contributed by atoms with van der Waals surface area (Å²) in [6, 6.07) is 9.14. The minimum absolute atomic E-state index is 1.17. The molecule has 0 saturated heterocycles. The van der Waals surface area contributed by atoms with Gasteiger partial charge in [0.15, 0.2) is 0 Å². The summed E-state index contributed by atoms with van der Waals surface area (Å²) < 4.78 is 9.98. The Kier molecular flexibility index (Phi) is 14.7. The fourth-order valence-electron chi connectivity index (χ4n) is 4.52. The van der Waals surface area contributed by atoms with Crippen molar-refractivity contribution in [2.24, 2.45) is 0 Å². The number of hydrogen-bond donors (Lipinski definition) is 0. The second-order valence-electron chi connectivity index (χ2n) is 8.34. The van der Waals surface area contributed by atoms with Crippen LogP contribution in [0.5, 0.6) is 0 Å². The maximum absolute atomic E-state index is 3.64. The number of benzene rings is 1. The van der Waals surface area contributed by atoms with Crippen molar-refractivity contribution in [2.45, 2.75) is 86.2 Å². The van der Waals surface area contributed by atoms with Gasteiger partial charge in [-0.2, -0.15) is 0 Å². The molecule has 30 heavy (non-hydrogen) atoms. The van der Waals surface area contributed by atoms with Crippen LogP contribution in [0.2, 0.25) is 0 Å². The van der Waals surface area contributed by atoms with Gasteiger partial charge in [-0.15, -0.1) is 14.0 Å². The molecule has 1 aromatic rings. The lowest BCUT2D eigenvalue weighted by Gasteiger charge is -2.48. The van der Waals surface area contributed by atoms with Crippen LogP contribution in [-0.2, 0) is 6.16 Å². The molecule has 0 atom stereocenters. The first-order valence-electron chi connectivity index (χ1n) is 12.4. The summed E-state index contributed by atoms with van der Waals surface area (Å²) in [5.41, 5.74) is 1.48. The molecule has 1 aromatic carbocycles. The first-order valence-corrected chi connectivity index (χ1v) is 15.0. The van der Waals surface area contributed by atoms with Gasteiger partial charge in [0.05, 0.1) is 0 Å². The molecule has 1 rings (SSSR count). The Bertz CT molecular complexity index is 493. The fraction of sp³-hybridized carbons (Fsp3) is 0.760. The molecule has 0 aliphatic heterocycles. The molecule has 0 N–H and O–H groups in total. The number of hydrogen-bond acceptors (Lipinski definition) is 3. The third-order valence-corrected chi connectivity index (χ3v) is 10.8. The van der Waals surface area contributed by atoms with E-state index < -0.39 is 7.71 Å². The lowest BCUT2D eigenvalue weighted by molar-refractivity contribution is 0.292. The number of rotatable bonds is 17. The quantitative estimate of drug-likeness (QED) is 0.200. The Morgan fingerprint density at radius 1 is 0.567 bits per heavy atom. The monoisotopic (exact) mass is 500 g/mol. The maximum atomic E-state index is 3.64. The van der Waals surface area contributed by atoms with Gasteiger partial charge in [-0.1, -0.05) is 69.6 Å². The average molecular weight is 502 g/mol. The minimum atomic E-state index is -1.68. The summed E-state index contributed by atoms with van der Waals surface area (Å²) in [5.74, 6) is 0. The van der Waals surface area contributed by atoms with Crippen molar-refractivity contribution in [1.29, 1.82) is 0 Å². The van der Waals surface area contributed by atoms with Crippen molar-refractivity contribution in [3.8, 4) is 0 Å². The minimum Gasteiger partial charge on any atom is -0.148 e. The first kappa shape index (κ1) is 28.0. The molecule has 5 heteroatoms. The Hall–Kier alpha value is 0.01000. The Labute approximate surface area is 197 Å². The second-order valence-corrected chi connectivity index (χ2v) is 12.7. The van der Waals surface area contributed by atoms with E-state index in [-0.39, 0.29) is 0 Å². The zero-order valence-corrected chi connectivity index (χ0v) is 23.1. The largest absolute Gasteiger partial charge is 0.231 e. The molecular weight excluding hydrogens is 453 g/mol. The van der Waals surface area contributed by atoms with Gasteiger partial charge in [-0.25, -0.2) is 0 Å². The molecule has 0 heterocycles. The van der Waals surface area contributed by atoms with Crippen molar-refractivity contribution in [3.05, 3.63) is 34.3 Å². The normalized spacial score (nSPS) is 12.5. The van der Waals surface area contributed by atoms with Gasteiger partial charge in [-0.3, -0.25) is 0 Å². The lowest BCUT2D eigenvalue weighted by Crippen LogP contribution is -2.48. The van der Waals surface area contributed by atoms with Crippen LogP contribution in [0.25, 0.3) is 0 Å². The molecule has 174 valence electrons. The third-order valence-electron chi connectivity index (χ3n) is 5.56. The first-order chi connectivity index (χ1) is 14.5. The van der Waals surface area contributed by atoms with E-state index in [1.165, 1.54) is 94.0 Å². The van der Waals surface area contributed by atoms with Crippen LogP contribution < -0.4 is 0 Å². The molecule has 0 bridgehead atoms. The highest BCUT2D eigenvalue weighted by Crippen LogP contribution is 2.70. The van der Waals surface area contributed by atoms with Crippen molar-refractivity contribution in [1.82, 2.24) is 14.0 Å². The van der Waals surface area contributed by atoms with Gasteiger partial charge in [-0.05, 0) is 56.2 Å². The van der Waals surface area contributed by atoms with Gasteiger partial charge >= 0.3 is 0 Å². The average Bonchev–Trinajstić information content (AvgIpc) is 2.73. The predicted molar refractivity (Wildman–Crippen MR) is 141 cm³/mol. The van der Waals surface area contributed by atoms with Crippen LogP contribution in [0, 0.1) is 0 Å². The second kappa shape index (κ2) is 15.8. The van der Waals surface area contributed by atoms with Crippen LogP contribution in [0.1, 0.15) is 85.6 Å². The highest BCUT2D eigenvalue weighted by atomic mass is 79.9. The Morgan fingerprint density at radius 2 is 0.867 bits per heavy atom. The van der Waals surface area contributed by atoms with Crippen molar-refractivity contribution in [3.63, 3.8) is 0 Å². The lowest BCUT2D eigenvalue weighted by atomic mass is 10.2. The van der Waals surface area contributed by atoms with E-state index in [1.54, 1.807) is 0 Å². The highest BCUT2D eigenvalue weighted by Gasteiger charge is 2.54. The van der Waals surface area contributed by atoms with Crippen LogP contribution >= 0.6 is 23.6 Å². The number of nitrogens with zero attached hydrogens (tertiary/aromatic N) is 3. The summed E-state index contributed by atoms with van der Waals surface area (Å²) in [4.78, 5) is 0. The van der Waals surface area contributed by atoms with E-state index in [4.69, 9.17) is 0 Å². The molecule has 0 radical (unpaired) electrons. The Balaban J connectivity index is 3.66. The molecule has 0 aliphatic carbocycles. The van der Waals surface area contributed by atoms with Gasteiger partial charge < -0.3 is 0 Å². The summed E-state index contributed by atoms with van der Waals surface area (Å²) in [6.07, 6.45) is 8.50. The molecule has 3 nitrogen and oxygen atoms in total. The molecule has 0 saturated carbocycles. The zero-order chi connectivity index (χ0) is 22.4. The SMILES string of the molecule is CCCN(CCC)[P+](Cc1ccc(Br)cc1)(N(CCC)CCC)N(CCC)CCC. The van der Waals surface area contributed by atoms with Crippen LogP contribution in [0.3, 0.4) is 0 Å². The molecule has 0 aromatic heterocycles. The standard InChI is InChI=1S/C25H48BrN3P/c1-7-17-27(18-8-2)30(28(19-9-3)20-10-4,29(21-11-5)22-12-6)23-24-13-15-25(26)16-14-24/h13-16H,7-12,17-23H2,1-6H3/q+1. The van der Waals surface area contributed by atoms with Crippen molar-refractivity contribution in [2.75, 3.05) is 39.3 Å². The zero-order valence-electron chi connectivity index (χ0n) is 20.7. The van der Waals surface area contributed by atoms with Gasteiger partial charge in [0.2, 0.25) is 7.71 Å². The smallest absolute Gasteiger partial charge is 0.148 e. The van der Waals surface area contributed by atoms with Gasteiger partial charge in [0.25, 0.3) is 0 Å². The molecule has 0 fully saturated rings. The Morgan fingerprint density at radius 3 is 1.13 bits per heavy atom. The third kappa shape index (κ3) is 7.85. The fourth-order valence-corrected chi connectivity index (χ4v) is 10.3. The highest BCUT2D eigenvalue weighted by molar-refractivity contribution is 9.10. The van der Waals surface area contributed by atoms with E-state index in [2.05, 4.69) is 95.7 Å². The van der Waals surface area contributed by atoms with E-state index in [1.807, 2.05) is 0 Å². The molecule has 0 amide bonds. The summed E-state index contributed by atoms with van der Waals surface area (Å²) in [6.45, 7) is 21.3. The predicted octanol–water partition coefficient (Wildman–Crippen LogP) is 8.08. The summed E-state index contributed by atoms with van der Waals surface area (Å²) in [5, 5.41) is 0. The van der Waals surface area contributed by atoms with E-state index >= 15 is 0 Å². The van der Waals surface area contributed by atoms with Crippen molar-refractivity contribution >= 4 is 23.6 Å². The van der Waals surface area contributed by atoms with Crippen LogP contribution in [0.4, 0.5) is 0 Å². The topological polar surface area (TPSA) is 9.72 Å². The molecule has 0 unspecified atom stereocenters. The summed E-state index contributed by atoms with van der Waals surface area (Å²) >= 11 is 3.64. The van der Waals surface area contributed by atoms with Crippen molar-refractivity contribution < 1.29 is 0 Å². The van der Waals surface area contributed by atoms with E-state index in [0.717, 1.165) is 0 Å². The van der Waals surface area contributed by atoms with Gasteiger partial charge in [0.1, 0.15) is 6.16 Å². The van der Waals surface area contributed by atoms with Crippen LogP contribution in [0.15, 0.2) is 28.7 Å². The summed E-state index contributed by atoms with van der Waals surface area (Å²) in [7, 11) is -1.68. The molecular formula is C25H48BrN3P+. The van der Waals surface area contributed by atoms with E-state index in [9.17, 15) is 0 Å². The van der Waals surface area contributed by atoms with Gasteiger partial charge in [0, 0.05) is 43.7 Å². The van der Waals surface area contributed by atoms with Crippen LogP contribution in [-0.4, -0.2) is 53.3 Å². The maximum Gasteiger partial charge on any atom is 0.231 e. The molecule has 0 aliphatic rings.